The number of carbonyl (C=O) groups excluding carboxylic acids is 1. The zero-order chi connectivity index (χ0) is 19.8. The molecule has 1 aliphatic heterocycles. The van der Waals surface area contributed by atoms with Crippen molar-refractivity contribution in [2.24, 2.45) is 0 Å². The lowest BCUT2D eigenvalue weighted by Gasteiger charge is -2.38. The van der Waals surface area contributed by atoms with Gasteiger partial charge in [0.25, 0.3) is 0 Å². The first kappa shape index (κ1) is 20.4. The molecule has 2 aromatic rings. The van der Waals surface area contributed by atoms with Crippen molar-refractivity contribution in [3.8, 4) is 5.75 Å². The molecule has 1 amide bonds. The Morgan fingerprint density at radius 2 is 1.71 bits per heavy atom. The van der Waals surface area contributed by atoms with Crippen LogP contribution >= 0.6 is 0 Å². The van der Waals surface area contributed by atoms with Gasteiger partial charge in [-0.25, -0.2) is 0 Å². The molecule has 1 heterocycles. The molecule has 3 rings (SSSR count). The van der Waals surface area contributed by atoms with Gasteiger partial charge in [-0.15, -0.1) is 0 Å². The van der Waals surface area contributed by atoms with E-state index in [0.717, 1.165) is 37.5 Å². The maximum absolute atomic E-state index is 12.5. The summed E-state index contributed by atoms with van der Waals surface area (Å²) in [4.78, 5) is 17.4. The fraction of sp³-hybridized carbons (Fsp3) is 0.435. The van der Waals surface area contributed by atoms with Crippen LogP contribution in [0.5, 0.6) is 5.75 Å². The molecule has 1 aliphatic rings. The number of likely N-dealkylation sites (N-methyl/N-ethyl adjacent to an activating group) is 1. The monoisotopic (exact) mass is 381 g/mol. The molecule has 1 atom stereocenters. The van der Waals surface area contributed by atoms with Gasteiger partial charge in [0, 0.05) is 32.7 Å². The molecule has 150 valence electrons. The number of hydrogen-bond acceptors (Lipinski definition) is 4. The lowest BCUT2D eigenvalue weighted by Crippen LogP contribution is -2.48. The second-order valence-electron chi connectivity index (χ2n) is 7.32. The van der Waals surface area contributed by atoms with Gasteiger partial charge in [0.05, 0.1) is 19.1 Å². The molecule has 1 fully saturated rings. The highest BCUT2D eigenvalue weighted by atomic mass is 16.5. The Morgan fingerprint density at radius 3 is 2.36 bits per heavy atom. The van der Waals surface area contributed by atoms with E-state index < -0.39 is 0 Å². The average molecular weight is 382 g/mol. The van der Waals surface area contributed by atoms with Crippen molar-refractivity contribution in [2.75, 3.05) is 46.4 Å². The van der Waals surface area contributed by atoms with Crippen molar-refractivity contribution in [3.63, 3.8) is 0 Å². The van der Waals surface area contributed by atoms with Crippen molar-refractivity contribution < 1.29 is 9.53 Å². The van der Waals surface area contributed by atoms with Gasteiger partial charge in [0.1, 0.15) is 5.75 Å². The lowest BCUT2D eigenvalue weighted by atomic mass is 10.0. The zero-order valence-electron chi connectivity index (χ0n) is 16.9. The van der Waals surface area contributed by atoms with Crippen molar-refractivity contribution in [2.45, 2.75) is 19.4 Å². The van der Waals surface area contributed by atoms with Gasteiger partial charge in [-0.05, 0) is 37.2 Å². The Kier molecular flexibility index (Phi) is 7.46. The van der Waals surface area contributed by atoms with Gasteiger partial charge in [-0.3, -0.25) is 9.69 Å². The predicted octanol–water partition coefficient (Wildman–Crippen LogP) is 2.73. The first-order valence-corrected chi connectivity index (χ1v) is 10.1. The van der Waals surface area contributed by atoms with Crippen LogP contribution in [0.4, 0.5) is 0 Å². The quantitative estimate of drug-likeness (QED) is 0.764. The summed E-state index contributed by atoms with van der Waals surface area (Å²) in [5.74, 6) is 0.894. The lowest BCUT2D eigenvalue weighted by molar-refractivity contribution is -0.120. The summed E-state index contributed by atoms with van der Waals surface area (Å²) in [7, 11) is 2.16. The highest BCUT2D eigenvalue weighted by molar-refractivity contribution is 5.78. The molecule has 28 heavy (non-hydrogen) atoms. The second kappa shape index (κ2) is 10.2. The summed E-state index contributed by atoms with van der Waals surface area (Å²) in [6, 6.07) is 18.4. The van der Waals surface area contributed by atoms with Crippen LogP contribution in [0.25, 0.3) is 0 Å². The van der Waals surface area contributed by atoms with Crippen LogP contribution in [0.2, 0.25) is 0 Å². The molecule has 1 saturated heterocycles. The smallest absolute Gasteiger partial charge is 0.224 e. The highest BCUT2D eigenvalue weighted by Crippen LogP contribution is 2.21. The zero-order valence-corrected chi connectivity index (χ0v) is 16.9. The van der Waals surface area contributed by atoms with E-state index in [9.17, 15) is 4.79 Å². The van der Waals surface area contributed by atoms with E-state index in [4.69, 9.17) is 4.74 Å². The number of nitrogens with zero attached hydrogens (tertiary/aromatic N) is 2. The fourth-order valence-corrected chi connectivity index (χ4v) is 3.60. The van der Waals surface area contributed by atoms with E-state index in [-0.39, 0.29) is 11.9 Å². The third kappa shape index (κ3) is 5.81. The molecule has 0 aromatic heterocycles. The summed E-state index contributed by atoms with van der Waals surface area (Å²) in [6.07, 6.45) is 0.386. The Bertz CT molecular complexity index is 725. The normalized spacial score (nSPS) is 16.5. The maximum atomic E-state index is 12.5. The number of hydrogen-bond donors (Lipinski definition) is 1. The summed E-state index contributed by atoms with van der Waals surface area (Å²) in [6.45, 7) is 7.39. The van der Waals surface area contributed by atoms with Gasteiger partial charge in [0.2, 0.25) is 5.91 Å². The number of carbonyl (C=O) groups is 1. The molecular formula is C23H31N3O2. The second-order valence-corrected chi connectivity index (χ2v) is 7.32. The summed E-state index contributed by atoms with van der Waals surface area (Å²) in [5, 5.41) is 3.15. The minimum Gasteiger partial charge on any atom is -0.494 e. The van der Waals surface area contributed by atoms with E-state index in [2.05, 4.69) is 46.4 Å². The summed E-state index contributed by atoms with van der Waals surface area (Å²) < 4.78 is 5.46. The van der Waals surface area contributed by atoms with Gasteiger partial charge < -0.3 is 15.0 Å². The minimum absolute atomic E-state index is 0.0548. The van der Waals surface area contributed by atoms with E-state index in [1.165, 1.54) is 5.56 Å². The molecule has 5 nitrogen and oxygen atoms in total. The van der Waals surface area contributed by atoms with E-state index in [1.807, 2.05) is 37.3 Å². The Balaban J connectivity index is 1.58. The highest BCUT2D eigenvalue weighted by Gasteiger charge is 2.24. The molecule has 0 aliphatic carbocycles. The van der Waals surface area contributed by atoms with E-state index in [1.54, 1.807) is 0 Å². The van der Waals surface area contributed by atoms with Gasteiger partial charge in [0.15, 0.2) is 0 Å². The summed E-state index contributed by atoms with van der Waals surface area (Å²) >= 11 is 0. The largest absolute Gasteiger partial charge is 0.494 e. The maximum Gasteiger partial charge on any atom is 0.224 e. The summed E-state index contributed by atoms with van der Waals surface area (Å²) in [5.41, 5.74) is 2.25. The first-order chi connectivity index (χ1) is 13.7. The molecule has 2 aromatic carbocycles. The number of ether oxygens (including phenoxy) is 1. The number of nitrogens with one attached hydrogen (secondary N) is 1. The van der Waals surface area contributed by atoms with Crippen LogP contribution in [0.3, 0.4) is 0 Å². The van der Waals surface area contributed by atoms with Gasteiger partial charge in [-0.1, -0.05) is 42.5 Å². The molecule has 1 N–H and O–H groups in total. The van der Waals surface area contributed by atoms with Crippen LogP contribution < -0.4 is 10.1 Å². The predicted molar refractivity (Wildman–Crippen MR) is 113 cm³/mol. The molecule has 0 radical (unpaired) electrons. The van der Waals surface area contributed by atoms with E-state index in [0.29, 0.717) is 19.6 Å². The Labute approximate surface area is 168 Å². The van der Waals surface area contributed by atoms with Crippen LogP contribution in [0.15, 0.2) is 54.6 Å². The molecule has 5 heteroatoms. The molecule has 1 unspecified atom stereocenters. The minimum atomic E-state index is 0.0548. The molecule has 0 bridgehead atoms. The Morgan fingerprint density at radius 1 is 1.04 bits per heavy atom. The molecular weight excluding hydrogens is 350 g/mol. The van der Waals surface area contributed by atoms with Crippen LogP contribution in [0, 0.1) is 0 Å². The first-order valence-electron chi connectivity index (χ1n) is 10.1. The van der Waals surface area contributed by atoms with Crippen molar-refractivity contribution in [3.05, 3.63) is 65.7 Å². The van der Waals surface area contributed by atoms with Crippen LogP contribution in [0.1, 0.15) is 24.1 Å². The van der Waals surface area contributed by atoms with Crippen molar-refractivity contribution in [1.29, 1.82) is 0 Å². The van der Waals surface area contributed by atoms with Gasteiger partial charge >= 0.3 is 0 Å². The Hall–Kier alpha value is -2.37. The molecule has 0 spiro atoms. The third-order valence-electron chi connectivity index (χ3n) is 5.25. The number of amides is 1. The average Bonchev–Trinajstić information content (AvgIpc) is 2.72. The van der Waals surface area contributed by atoms with Crippen LogP contribution in [-0.4, -0.2) is 62.1 Å². The molecule has 0 saturated carbocycles. The number of rotatable bonds is 8. The standard InChI is InChI=1S/C23H31N3O2/c1-3-28-21-11-9-19(10-12-21)17-23(27)24-18-22(20-7-5-4-6-8-20)26-15-13-25(2)14-16-26/h4-12,22H,3,13-18H2,1-2H3,(H,24,27). The van der Waals surface area contributed by atoms with E-state index >= 15 is 0 Å². The SMILES string of the molecule is CCOc1ccc(CC(=O)NCC(c2ccccc2)N2CCN(C)CC2)cc1. The van der Waals surface area contributed by atoms with Gasteiger partial charge in [-0.2, -0.15) is 0 Å². The van der Waals surface area contributed by atoms with Crippen molar-refractivity contribution in [1.82, 2.24) is 15.1 Å². The number of benzene rings is 2. The third-order valence-corrected chi connectivity index (χ3v) is 5.25. The number of piperazine rings is 1. The van der Waals surface area contributed by atoms with Crippen molar-refractivity contribution >= 4 is 5.91 Å². The van der Waals surface area contributed by atoms with Crippen LogP contribution in [-0.2, 0) is 11.2 Å². The topological polar surface area (TPSA) is 44.8 Å². The fourth-order valence-electron chi connectivity index (χ4n) is 3.60.